The monoisotopic (exact) mass is 238 g/mol. The van der Waals surface area contributed by atoms with E-state index in [9.17, 15) is 14.9 Å². The molecule has 0 spiro atoms. The highest BCUT2D eigenvalue weighted by Crippen LogP contribution is 2.28. The Hall–Kier alpha value is -2.11. The van der Waals surface area contributed by atoms with Gasteiger partial charge in [0.05, 0.1) is 11.5 Å². The smallest absolute Gasteiger partial charge is 0.311 e. The lowest BCUT2D eigenvalue weighted by atomic mass is 10.1. The van der Waals surface area contributed by atoms with E-state index in [2.05, 4.69) is 0 Å². The Kier molecular flexibility index (Phi) is 4.03. The second-order valence-corrected chi connectivity index (χ2v) is 3.57. The van der Waals surface area contributed by atoms with Gasteiger partial charge in [-0.15, -0.1) is 0 Å². The fourth-order valence-electron chi connectivity index (χ4n) is 1.33. The zero-order chi connectivity index (χ0) is 13.0. The van der Waals surface area contributed by atoms with Gasteiger partial charge < -0.3 is 9.64 Å². The lowest BCUT2D eigenvalue weighted by Gasteiger charge is -2.11. The summed E-state index contributed by atoms with van der Waals surface area (Å²) < 4.78 is 5.13. The number of ether oxygens (including phenoxy) is 1. The van der Waals surface area contributed by atoms with Crippen molar-refractivity contribution in [2.24, 2.45) is 0 Å². The van der Waals surface area contributed by atoms with Gasteiger partial charge in [0, 0.05) is 25.7 Å². The molecule has 0 aliphatic heterocycles. The zero-order valence-electron chi connectivity index (χ0n) is 9.97. The average molecular weight is 238 g/mol. The van der Waals surface area contributed by atoms with Crippen LogP contribution in [0.4, 0.5) is 5.69 Å². The van der Waals surface area contributed by atoms with Crippen LogP contribution in [0.15, 0.2) is 18.2 Å². The van der Waals surface area contributed by atoms with E-state index < -0.39 is 4.92 Å². The Labute approximate surface area is 98.9 Å². The first-order valence-corrected chi connectivity index (χ1v) is 5.10. The first kappa shape index (κ1) is 13.0. The zero-order valence-corrected chi connectivity index (χ0v) is 9.97. The number of nitro benzene ring substituents is 1. The molecule has 0 saturated heterocycles. The van der Waals surface area contributed by atoms with E-state index in [0.29, 0.717) is 6.61 Å². The first-order valence-electron chi connectivity index (χ1n) is 5.10. The van der Waals surface area contributed by atoms with Crippen molar-refractivity contribution in [2.75, 3.05) is 20.7 Å². The maximum absolute atomic E-state index is 11.7. The number of rotatable bonds is 4. The van der Waals surface area contributed by atoms with Gasteiger partial charge in [0.2, 0.25) is 0 Å². The van der Waals surface area contributed by atoms with Gasteiger partial charge in [-0.1, -0.05) is 0 Å². The molecule has 0 aliphatic carbocycles. The molecule has 0 aliphatic rings. The standard InChI is InChI=1S/C11H14N2O4/c1-4-17-10-6-5-8(11(14)12(2)3)7-9(10)13(15)16/h5-7H,4H2,1-3H3. The second kappa shape index (κ2) is 5.29. The average Bonchev–Trinajstić information content (AvgIpc) is 2.28. The van der Waals surface area contributed by atoms with E-state index in [1.165, 1.54) is 23.1 Å². The highest BCUT2D eigenvalue weighted by molar-refractivity contribution is 5.94. The van der Waals surface area contributed by atoms with Crippen LogP contribution in [0.25, 0.3) is 0 Å². The predicted octanol–water partition coefficient (Wildman–Crippen LogP) is 1.70. The van der Waals surface area contributed by atoms with Gasteiger partial charge in [-0.05, 0) is 19.1 Å². The SMILES string of the molecule is CCOc1ccc(C(=O)N(C)C)cc1[N+](=O)[O-]. The number of hydrogen-bond donors (Lipinski definition) is 0. The van der Waals surface area contributed by atoms with Gasteiger partial charge in [0.25, 0.3) is 5.91 Å². The molecular formula is C11H14N2O4. The molecular weight excluding hydrogens is 224 g/mol. The summed E-state index contributed by atoms with van der Waals surface area (Å²) in [6.45, 7) is 2.07. The summed E-state index contributed by atoms with van der Waals surface area (Å²) in [5, 5.41) is 10.8. The molecule has 0 aromatic heterocycles. The Morgan fingerprint density at radius 3 is 2.59 bits per heavy atom. The van der Waals surface area contributed by atoms with E-state index in [1.54, 1.807) is 21.0 Å². The first-order chi connectivity index (χ1) is 7.97. The van der Waals surface area contributed by atoms with Crippen LogP contribution in [-0.2, 0) is 0 Å². The van der Waals surface area contributed by atoms with Crippen LogP contribution < -0.4 is 4.74 Å². The molecule has 1 amide bonds. The number of carbonyl (C=O) groups excluding carboxylic acids is 1. The minimum atomic E-state index is -0.558. The Bertz CT molecular complexity index is 443. The molecule has 0 fully saturated rings. The van der Waals surface area contributed by atoms with Crippen molar-refractivity contribution in [3.63, 3.8) is 0 Å². The van der Waals surface area contributed by atoms with Gasteiger partial charge in [0.15, 0.2) is 5.75 Å². The number of carbonyl (C=O) groups is 1. The maximum atomic E-state index is 11.7. The van der Waals surface area contributed by atoms with Crippen molar-refractivity contribution < 1.29 is 14.5 Å². The number of nitro groups is 1. The van der Waals surface area contributed by atoms with Crippen molar-refractivity contribution in [1.82, 2.24) is 4.90 Å². The van der Waals surface area contributed by atoms with Gasteiger partial charge in [-0.2, -0.15) is 0 Å². The lowest BCUT2D eigenvalue weighted by molar-refractivity contribution is -0.385. The van der Waals surface area contributed by atoms with E-state index in [0.717, 1.165) is 0 Å². The van der Waals surface area contributed by atoms with Crippen molar-refractivity contribution in [3.8, 4) is 5.75 Å². The fraction of sp³-hybridized carbons (Fsp3) is 0.364. The Morgan fingerprint density at radius 2 is 2.12 bits per heavy atom. The normalized spacial score (nSPS) is 9.82. The molecule has 0 bridgehead atoms. The topological polar surface area (TPSA) is 72.7 Å². The molecule has 17 heavy (non-hydrogen) atoms. The van der Waals surface area contributed by atoms with Crippen molar-refractivity contribution >= 4 is 11.6 Å². The van der Waals surface area contributed by atoms with Crippen molar-refractivity contribution in [3.05, 3.63) is 33.9 Å². The van der Waals surface area contributed by atoms with Crippen molar-refractivity contribution in [2.45, 2.75) is 6.92 Å². The summed E-state index contributed by atoms with van der Waals surface area (Å²) >= 11 is 0. The lowest BCUT2D eigenvalue weighted by Crippen LogP contribution is -2.21. The molecule has 0 radical (unpaired) electrons. The third-order valence-electron chi connectivity index (χ3n) is 2.11. The summed E-state index contributed by atoms with van der Waals surface area (Å²) in [6.07, 6.45) is 0. The van der Waals surface area contributed by atoms with Crippen molar-refractivity contribution in [1.29, 1.82) is 0 Å². The van der Waals surface area contributed by atoms with Crippen LogP contribution in [0.5, 0.6) is 5.75 Å². The summed E-state index contributed by atoms with van der Waals surface area (Å²) in [6, 6.07) is 4.19. The molecule has 1 aromatic rings. The van der Waals surface area contributed by atoms with Crippen LogP contribution in [0.2, 0.25) is 0 Å². The summed E-state index contributed by atoms with van der Waals surface area (Å²) in [5.41, 5.74) is 0.0738. The molecule has 6 nitrogen and oxygen atoms in total. The highest BCUT2D eigenvalue weighted by atomic mass is 16.6. The summed E-state index contributed by atoms with van der Waals surface area (Å²) in [7, 11) is 3.18. The van der Waals surface area contributed by atoms with Crippen LogP contribution in [-0.4, -0.2) is 36.4 Å². The number of nitrogens with zero attached hydrogens (tertiary/aromatic N) is 2. The highest BCUT2D eigenvalue weighted by Gasteiger charge is 2.19. The molecule has 6 heteroatoms. The second-order valence-electron chi connectivity index (χ2n) is 3.57. The quantitative estimate of drug-likeness (QED) is 0.591. The van der Waals surface area contributed by atoms with Crippen LogP contribution >= 0.6 is 0 Å². The van der Waals surface area contributed by atoms with Gasteiger partial charge >= 0.3 is 5.69 Å². The minimum absolute atomic E-state index is 0.174. The molecule has 1 aromatic carbocycles. The van der Waals surface area contributed by atoms with E-state index in [1.807, 2.05) is 0 Å². The van der Waals surface area contributed by atoms with Crippen LogP contribution in [0.3, 0.4) is 0 Å². The summed E-state index contributed by atoms with van der Waals surface area (Å²) in [5.74, 6) is -0.107. The molecule has 0 N–H and O–H groups in total. The summed E-state index contributed by atoms with van der Waals surface area (Å²) in [4.78, 5) is 23.3. The number of benzene rings is 1. The minimum Gasteiger partial charge on any atom is -0.487 e. The molecule has 0 heterocycles. The fourth-order valence-corrected chi connectivity index (χ4v) is 1.33. The van der Waals surface area contributed by atoms with E-state index in [4.69, 9.17) is 4.74 Å². The molecule has 1 rings (SSSR count). The Balaban J connectivity index is 3.18. The third kappa shape index (κ3) is 2.93. The van der Waals surface area contributed by atoms with Gasteiger partial charge in [-0.25, -0.2) is 0 Å². The number of amides is 1. The molecule has 0 saturated carbocycles. The molecule has 0 atom stereocenters. The molecule has 92 valence electrons. The predicted molar refractivity (Wildman–Crippen MR) is 62.3 cm³/mol. The van der Waals surface area contributed by atoms with E-state index >= 15 is 0 Å². The van der Waals surface area contributed by atoms with E-state index in [-0.39, 0.29) is 22.9 Å². The number of hydrogen-bond acceptors (Lipinski definition) is 4. The Morgan fingerprint density at radius 1 is 1.47 bits per heavy atom. The third-order valence-corrected chi connectivity index (χ3v) is 2.11. The van der Waals surface area contributed by atoms with Gasteiger partial charge in [0.1, 0.15) is 0 Å². The molecule has 0 unspecified atom stereocenters. The van der Waals surface area contributed by atoms with Crippen LogP contribution in [0, 0.1) is 10.1 Å². The maximum Gasteiger partial charge on any atom is 0.311 e. The largest absolute Gasteiger partial charge is 0.487 e. The van der Waals surface area contributed by atoms with Gasteiger partial charge in [-0.3, -0.25) is 14.9 Å². The van der Waals surface area contributed by atoms with Crippen LogP contribution in [0.1, 0.15) is 17.3 Å².